The molecule has 84 valence electrons. The van der Waals surface area contributed by atoms with E-state index in [4.69, 9.17) is 5.11 Å². The first-order valence-corrected chi connectivity index (χ1v) is 4.96. The zero-order valence-electron chi connectivity index (χ0n) is 8.63. The maximum atomic E-state index is 13.2. The molecule has 0 aliphatic carbocycles. The van der Waals surface area contributed by atoms with Gasteiger partial charge < -0.3 is 10.4 Å². The number of aliphatic hydroxyl groups is 1. The molecular formula is C11H15F2NO. The van der Waals surface area contributed by atoms with Crippen LogP contribution in [0.4, 0.5) is 8.78 Å². The highest BCUT2D eigenvalue weighted by Crippen LogP contribution is 2.11. The lowest BCUT2D eigenvalue weighted by Crippen LogP contribution is -2.31. The average molecular weight is 215 g/mol. The highest BCUT2D eigenvalue weighted by Gasteiger charge is 2.10. The van der Waals surface area contributed by atoms with Crippen LogP contribution in [0.1, 0.15) is 18.9 Å². The maximum Gasteiger partial charge on any atom is 0.130 e. The zero-order valence-corrected chi connectivity index (χ0v) is 8.63. The first-order valence-electron chi connectivity index (χ1n) is 4.96. The second-order valence-electron chi connectivity index (χ2n) is 3.37. The van der Waals surface area contributed by atoms with Crippen molar-refractivity contribution in [1.29, 1.82) is 0 Å². The predicted octanol–water partition coefficient (Wildman–Crippen LogP) is 1.83. The fourth-order valence-corrected chi connectivity index (χ4v) is 1.29. The van der Waals surface area contributed by atoms with E-state index >= 15 is 0 Å². The maximum absolute atomic E-state index is 13.2. The van der Waals surface area contributed by atoms with Crippen molar-refractivity contribution in [1.82, 2.24) is 5.32 Å². The number of hydrogen-bond acceptors (Lipinski definition) is 2. The Labute approximate surface area is 87.9 Å². The number of halogens is 2. The Morgan fingerprint density at radius 1 is 1.33 bits per heavy atom. The molecule has 0 aliphatic rings. The molecule has 1 aromatic rings. The Kier molecular flexibility index (Phi) is 4.65. The van der Waals surface area contributed by atoms with Crippen molar-refractivity contribution in [3.63, 3.8) is 0 Å². The highest BCUT2D eigenvalue weighted by molar-refractivity contribution is 5.19. The number of aliphatic hydroxyl groups excluding tert-OH is 1. The molecule has 0 saturated carbocycles. The second-order valence-corrected chi connectivity index (χ2v) is 3.37. The molecule has 0 bridgehead atoms. The second kappa shape index (κ2) is 5.78. The van der Waals surface area contributed by atoms with Gasteiger partial charge in [-0.05, 0) is 18.6 Å². The Morgan fingerprint density at radius 3 is 2.40 bits per heavy atom. The fraction of sp³-hybridized carbons (Fsp3) is 0.455. The van der Waals surface area contributed by atoms with Crippen LogP contribution < -0.4 is 5.32 Å². The summed E-state index contributed by atoms with van der Waals surface area (Å²) in [5.74, 6) is -1.12. The topological polar surface area (TPSA) is 32.3 Å². The van der Waals surface area contributed by atoms with Gasteiger partial charge in [0.1, 0.15) is 11.6 Å². The largest absolute Gasteiger partial charge is 0.395 e. The molecule has 0 unspecified atom stereocenters. The van der Waals surface area contributed by atoms with Crippen molar-refractivity contribution in [2.24, 2.45) is 0 Å². The van der Waals surface area contributed by atoms with E-state index in [1.54, 1.807) is 0 Å². The summed E-state index contributed by atoms with van der Waals surface area (Å²) < 4.78 is 26.3. The molecule has 0 saturated heterocycles. The van der Waals surface area contributed by atoms with Crippen molar-refractivity contribution >= 4 is 0 Å². The zero-order chi connectivity index (χ0) is 11.3. The molecule has 1 rings (SSSR count). The molecular weight excluding hydrogens is 200 g/mol. The standard InChI is InChI=1S/C11H15F2NO/c1-2-8(7-15)14-6-9-10(12)4-3-5-11(9)13/h3-5,8,14-15H,2,6-7H2,1H3/t8-/m1/s1. The van der Waals surface area contributed by atoms with Gasteiger partial charge in [-0.2, -0.15) is 0 Å². The Bertz CT molecular complexity index is 293. The van der Waals surface area contributed by atoms with Crippen molar-refractivity contribution in [2.75, 3.05) is 6.61 Å². The smallest absolute Gasteiger partial charge is 0.130 e. The molecule has 0 radical (unpaired) electrons. The lowest BCUT2D eigenvalue weighted by atomic mass is 10.1. The van der Waals surface area contributed by atoms with Gasteiger partial charge in [0.05, 0.1) is 6.61 Å². The van der Waals surface area contributed by atoms with Gasteiger partial charge in [-0.1, -0.05) is 13.0 Å². The summed E-state index contributed by atoms with van der Waals surface area (Å²) in [6, 6.07) is 3.65. The number of rotatable bonds is 5. The van der Waals surface area contributed by atoms with E-state index in [0.29, 0.717) is 6.42 Å². The Hall–Kier alpha value is -1.00. The van der Waals surface area contributed by atoms with Crippen molar-refractivity contribution < 1.29 is 13.9 Å². The van der Waals surface area contributed by atoms with E-state index in [2.05, 4.69) is 5.32 Å². The van der Waals surface area contributed by atoms with Crippen molar-refractivity contribution in [2.45, 2.75) is 25.9 Å². The first kappa shape index (κ1) is 12.1. The van der Waals surface area contributed by atoms with E-state index in [0.717, 1.165) is 0 Å². The number of nitrogens with one attached hydrogen (secondary N) is 1. The third-order valence-electron chi connectivity index (χ3n) is 2.34. The lowest BCUT2D eigenvalue weighted by Gasteiger charge is -2.14. The summed E-state index contributed by atoms with van der Waals surface area (Å²) in [7, 11) is 0. The van der Waals surface area contributed by atoms with Gasteiger partial charge in [-0.25, -0.2) is 8.78 Å². The summed E-state index contributed by atoms with van der Waals surface area (Å²) in [6.07, 6.45) is 0.715. The average Bonchev–Trinajstić information content (AvgIpc) is 2.23. The molecule has 2 N–H and O–H groups in total. The van der Waals surface area contributed by atoms with Crippen molar-refractivity contribution in [3.8, 4) is 0 Å². The van der Waals surface area contributed by atoms with Crippen LogP contribution in [0.3, 0.4) is 0 Å². The van der Waals surface area contributed by atoms with Crippen molar-refractivity contribution in [3.05, 3.63) is 35.4 Å². The fourth-order valence-electron chi connectivity index (χ4n) is 1.29. The molecule has 0 spiro atoms. The lowest BCUT2D eigenvalue weighted by molar-refractivity contribution is 0.237. The molecule has 1 aromatic carbocycles. The van der Waals surface area contributed by atoms with E-state index < -0.39 is 11.6 Å². The van der Waals surface area contributed by atoms with Gasteiger partial charge in [0.25, 0.3) is 0 Å². The molecule has 4 heteroatoms. The minimum Gasteiger partial charge on any atom is -0.395 e. The van der Waals surface area contributed by atoms with Crippen LogP contribution in [0.15, 0.2) is 18.2 Å². The van der Waals surface area contributed by atoms with Gasteiger partial charge in [-0.15, -0.1) is 0 Å². The summed E-state index contributed by atoms with van der Waals surface area (Å²) in [4.78, 5) is 0. The van der Waals surface area contributed by atoms with E-state index in [-0.39, 0.29) is 24.8 Å². The Morgan fingerprint density at radius 2 is 1.93 bits per heavy atom. The molecule has 0 amide bonds. The molecule has 0 aliphatic heterocycles. The summed E-state index contributed by atoms with van der Waals surface area (Å²) in [5, 5.41) is 11.8. The van der Waals surface area contributed by atoms with E-state index in [1.807, 2.05) is 6.92 Å². The normalized spacial score (nSPS) is 12.8. The van der Waals surface area contributed by atoms with Gasteiger partial charge in [0, 0.05) is 18.2 Å². The molecule has 2 nitrogen and oxygen atoms in total. The molecule has 1 atom stereocenters. The monoisotopic (exact) mass is 215 g/mol. The van der Waals surface area contributed by atoms with Crippen LogP contribution in [0.2, 0.25) is 0 Å². The molecule has 15 heavy (non-hydrogen) atoms. The molecule has 0 aromatic heterocycles. The first-order chi connectivity index (χ1) is 7.19. The van der Waals surface area contributed by atoms with Crippen LogP contribution in [-0.4, -0.2) is 17.8 Å². The van der Waals surface area contributed by atoms with E-state index in [1.165, 1.54) is 18.2 Å². The number of hydrogen-bond donors (Lipinski definition) is 2. The Balaban J connectivity index is 2.64. The third-order valence-corrected chi connectivity index (χ3v) is 2.34. The highest BCUT2D eigenvalue weighted by atomic mass is 19.1. The van der Waals surface area contributed by atoms with Crippen LogP contribution >= 0.6 is 0 Å². The molecule has 0 heterocycles. The van der Waals surface area contributed by atoms with Gasteiger partial charge in [0.2, 0.25) is 0 Å². The van der Waals surface area contributed by atoms with Gasteiger partial charge >= 0.3 is 0 Å². The minimum absolute atomic E-state index is 0.0180. The summed E-state index contributed by atoms with van der Waals surface area (Å²) in [6.45, 7) is 1.95. The van der Waals surface area contributed by atoms with Crippen LogP contribution in [0.25, 0.3) is 0 Å². The summed E-state index contributed by atoms with van der Waals surface area (Å²) >= 11 is 0. The third kappa shape index (κ3) is 3.25. The van der Waals surface area contributed by atoms with Crippen LogP contribution in [0.5, 0.6) is 0 Å². The van der Waals surface area contributed by atoms with Crippen LogP contribution in [-0.2, 0) is 6.54 Å². The minimum atomic E-state index is -0.560. The van der Waals surface area contributed by atoms with Gasteiger partial charge in [-0.3, -0.25) is 0 Å². The quantitative estimate of drug-likeness (QED) is 0.785. The number of benzene rings is 1. The van der Waals surface area contributed by atoms with Gasteiger partial charge in [0.15, 0.2) is 0 Å². The van der Waals surface area contributed by atoms with Crippen LogP contribution in [0, 0.1) is 11.6 Å². The SMILES string of the molecule is CC[C@H](CO)NCc1c(F)cccc1F. The molecule has 0 fully saturated rings. The predicted molar refractivity (Wildman–Crippen MR) is 54.4 cm³/mol. The van der Waals surface area contributed by atoms with E-state index in [9.17, 15) is 8.78 Å². The summed E-state index contributed by atoms with van der Waals surface area (Å²) in [5.41, 5.74) is 0.0180.